The zero-order chi connectivity index (χ0) is 65.4. The first-order valence-corrected chi connectivity index (χ1v) is 31.2. The minimum absolute atomic E-state index is 0.243. The Kier molecular flexibility index (Phi) is 27.1. The molecule has 0 radical (unpaired) electrons. The quantitative estimate of drug-likeness (QED) is 0.0549. The van der Waals surface area contributed by atoms with E-state index in [9.17, 15) is 0 Å². The number of aromatic amines is 4. The molecule has 4 fully saturated rings. The van der Waals surface area contributed by atoms with Crippen LogP contribution in [-0.4, -0.2) is 228 Å². The predicted molar refractivity (Wildman–Crippen MR) is 336 cm³/mol. The van der Waals surface area contributed by atoms with E-state index in [1.54, 1.807) is 37.2 Å². The lowest BCUT2D eigenvalue weighted by Gasteiger charge is -2.28. The summed E-state index contributed by atoms with van der Waals surface area (Å²) in [6, 6.07) is 0.485. The lowest BCUT2D eigenvalue weighted by atomic mass is 10.0. The molecule has 0 saturated carbocycles. The van der Waals surface area contributed by atoms with E-state index in [4.69, 9.17) is 11.5 Å². The normalized spacial score (nSPS) is 16.1. The van der Waals surface area contributed by atoms with Gasteiger partial charge < -0.3 is 67.8 Å². The summed E-state index contributed by atoms with van der Waals surface area (Å²) in [6.45, 7) is 19.3. The Labute approximate surface area is 539 Å². The number of hydrogen-bond acceptors (Lipinski definition) is 37. The van der Waals surface area contributed by atoms with E-state index in [0.29, 0.717) is 94.9 Å². The van der Waals surface area contributed by atoms with Gasteiger partial charge in [-0.1, -0.05) is 26.7 Å². The summed E-state index contributed by atoms with van der Waals surface area (Å²) in [7, 11) is 0. The van der Waals surface area contributed by atoms with E-state index in [-0.39, 0.29) is 25.2 Å². The number of nitrogens with two attached hydrogens (primary N) is 2. The molecule has 2 unspecified atom stereocenters. The Bertz CT molecular complexity index is 3290. The van der Waals surface area contributed by atoms with E-state index in [0.717, 1.165) is 101 Å². The molecule has 41 nitrogen and oxygen atoms in total. The molecule has 0 spiro atoms. The predicted octanol–water partition coefficient (Wildman–Crippen LogP) is -1.06. The van der Waals surface area contributed by atoms with Gasteiger partial charge in [0, 0.05) is 87.8 Å². The highest BCUT2D eigenvalue weighted by Crippen LogP contribution is 2.22. The van der Waals surface area contributed by atoms with Gasteiger partial charge in [0.15, 0.2) is 58.2 Å². The number of piperidine rings is 3. The van der Waals surface area contributed by atoms with E-state index >= 15 is 0 Å². The molecule has 0 aliphatic carbocycles. The first-order chi connectivity index (χ1) is 46.2. The van der Waals surface area contributed by atoms with Crippen LogP contribution in [0.5, 0.6) is 0 Å². The highest BCUT2D eigenvalue weighted by atomic mass is 15.5. The van der Waals surface area contributed by atoms with Crippen molar-refractivity contribution >= 4 is 11.9 Å². The molecule has 10 aromatic heterocycles. The summed E-state index contributed by atoms with van der Waals surface area (Å²) >= 11 is 0. The molecular weight excluding hydrogens is 1210 g/mol. The van der Waals surface area contributed by atoms with Crippen LogP contribution in [0.2, 0.25) is 0 Å². The average molecular weight is 1290 g/mol. The van der Waals surface area contributed by atoms with Gasteiger partial charge in [-0.15, -0.1) is 122 Å². The number of nitrogens with one attached hydrogen (secondary N) is 9. The zero-order valence-corrected chi connectivity index (χ0v) is 53.0. The summed E-state index contributed by atoms with van der Waals surface area (Å²) in [5.41, 5.74) is 12.3. The fraction of sp³-hybridized carbons (Fsp3) is 0.547. The number of H-pyrrole nitrogens is 4. The van der Waals surface area contributed by atoms with Gasteiger partial charge in [-0.3, -0.25) is 0 Å². The molecule has 4 aliphatic rings. The molecule has 10 aromatic rings. The Hall–Kier alpha value is -10.2. The molecule has 0 bridgehead atoms. The van der Waals surface area contributed by atoms with Crippen LogP contribution in [0.4, 0.5) is 11.9 Å². The minimum atomic E-state index is 0.243. The number of hydrogen-bond donors (Lipinski definition) is 11. The van der Waals surface area contributed by atoms with Crippen molar-refractivity contribution in [3.8, 4) is 46.6 Å². The summed E-state index contributed by atoms with van der Waals surface area (Å²) in [5, 5.41) is 112. The Morgan fingerprint density at radius 2 is 0.798 bits per heavy atom. The summed E-state index contributed by atoms with van der Waals surface area (Å²) in [5.74, 6) is 8.51. The van der Waals surface area contributed by atoms with Crippen LogP contribution in [0.15, 0.2) is 37.2 Å². The number of nitrogens with zero attached hydrogens (tertiary/aromatic N) is 30. The third-order valence-electron chi connectivity index (χ3n) is 14.0. The number of piperazine rings is 1. The van der Waals surface area contributed by atoms with Crippen molar-refractivity contribution < 1.29 is 0 Å². The van der Waals surface area contributed by atoms with Crippen molar-refractivity contribution in [1.82, 2.24) is 189 Å². The first kappa shape index (κ1) is 68.2. The summed E-state index contributed by atoms with van der Waals surface area (Å²) in [6.07, 6.45) is 20.8. The fourth-order valence-electron chi connectivity index (χ4n) is 9.08. The van der Waals surface area contributed by atoms with Crippen molar-refractivity contribution in [2.24, 2.45) is 11.5 Å². The highest BCUT2D eigenvalue weighted by molar-refractivity contribution is 5.46. The SMILES string of the molecule is C1CCC(c2nnc(C3CCCCN3)nn2)NC1.C1CCN(c2nnc(N3CCNCC3)nn2)CC1.CCNCc1nnc(CNCC)nn1.Cc1cnc(-c2nnc(-c3ncc(C)[nH]3)nn2)[nH]1.NCc1nnc(CN)nn1.c1c[nH]c(-c2nnc(-c3ncc[nH]3)nn2)n1. The van der Waals surface area contributed by atoms with E-state index in [2.05, 4.69) is 199 Å². The second-order valence-electron chi connectivity index (χ2n) is 21.1. The minimum Gasteiger partial charge on any atom is -0.342 e. The van der Waals surface area contributed by atoms with Crippen molar-refractivity contribution in [2.75, 3.05) is 75.2 Å². The smallest absolute Gasteiger partial charge is 0.264 e. The van der Waals surface area contributed by atoms with Crippen molar-refractivity contribution in [3.05, 3.63) is 83.5 Å². The standard InChI is InChI=1S/C12H20N6.C11H19N7.C10H10N8.C8H6N8.C8H16N6.C4H8N6/c1-3-7-13-9(5-1)11-15-17-12(18-16-11)10-6-2-4-8-14-10;1-2-6-17(7-3-1)10-13-15-11(16-14-10)18-8-4-12-5-9-18;1-5-3-11-7(13-5)9-15-17-10(18-16-9)8-12-4-6(2)14-8;1-2-10-5(9-1)7-13-15-8(16-14-7)6-11-3-4-12-6;1-3-9-5-7-11-13-8(14-12-7)6-10-4-2;5-1-3-7-9-4(2-6)10-8-3/h9-10,13-14H,1-8H2;12H,1-9H2;3-4H,1-2H3,(H,11,13)(H,12,14);1-4H,(H,9,10)(H,11,12);9-10H,3-6H2,1-2H3;1-2,5-6H2. The van der Waals surface area contributed by atoms with Gasteiger partial charge >= 0.3 is 0 Å². The number of aromatic nitrogens is 32. The Balaban J connectivity index is 0.000000134. The van der Waals surface area contributed by atoms with Gasteiger partial charge in [-0.05, 0) is 85.0 Å². The van der Waals surface area contributed by atoms with Gasteiger partial charge in [0.1, 0.15) is 0 Å². The molecular formula is C53H79N41. The second kappa shape index (κ2) is 37.3. The van der Waals surface area contributed by atoms with E-state index in [1.807, 2.05) is 27.7 Å². The van der Waals surface area contributed by atoms with Crippen LogP contribution in [-0.2, 0) is 26.2 Å². The zero-order valence-electron chi connectivity index (χ0n) is 53.0. The number of imidazole rings is 4. The highest BCUT2D eigenvalue weighted by Gasteiger charge is 2.23. The molecule has 4 aliphatic heterocycles. The van der Waals surface area contributed by atoms with Crippen molar-refractivity contribution in [2.45, 2.75) is 124 Å². The molecule has 2 atom stereocenters. The average Bonchev–Trinajstić information content (AvgIpc) is 1.54. The van der Waals surface area contributed by atoms with Gasteiger partial charge in [0.2, 0.25) is 23.3 Å². The molecule has 14 heterocycles. The van der Waals surface area contributed by atoms with Crippen molar-refractivity contribution in [3.63, 3.8) is 0 Å². The molecule has 0 aromatic carbocycles. The largest absolute Gasteiger partial charge is 0.342 e. The monoisotopic (exact) mass is 1290 g/mol. The van der Waals surface area contributed by atoms with Gasteiger partial charge in [-0.25, -0.2) is 19.9 Å². The third-order valence-corrected chi connectivity index (χ3v) is 14.0. The number of rotatable bonds is 16. The van der Waals surface area contributed by atoms with Crippen LogP contribution < -0.4 is 47.9 Å². The number of aryl methyl sites for hydroxylation is 2. The molecule has 0 amide bonds. The van der Waals surface area contributed by atoms with Gasteiger partial charge in [0.25, 0.3) is 11.9 Å². The maximum absolute atomic E-state index is 5.21. The Morgan fingerprint density at radius 1 is 0.415 bits per heavy atom. The maximum Gasteiger partial charge on any atom is 0.264 e. The van der Waals surface area contributed by atoms with Crippen molar-refractivity contribution in [1.29, 1.82) is 0 Å². The molecule has 4 saturated heterocycles. The summed E-state index contributed by atoms with van der Waals surface area (Å²) in [4.78, 5) is 32.3. The Morgan fingerprint density at radius 3 is 1.13 bits per heavy atom. The number of anilines is 2. The summed E-state index contributed by atoms with van der Waals surface area (Å²) < 4.78 is 0. The van der Waals surface area contributed by atoms with Crippen LogP contribution in [0, 0.1) is 13.8 Å². The fourth-order valence-corrected chi connectivity index (χ4v) is 9.08. The van der Waals surface area contributed by atoms with Crippen LogP contribution in [0.25, 0.3) is 46.6 Å². The molecule has 496 valence electrons. The van der Waals surface area contributed by atoms with Crippen LogP contribution in [0.1, 0.15) is 130 Å². The topological polar surface area (TPSA) is 543 Å². The molecule has 13 N–H and O–H groups in total. The van der Waals surface area contributed by atoms with Gasteiger partial charge in [0.05, 0.1) is 38.3 Å². The second-order valence-corrected chi connectivity index (χ2v) is 21.1. The van der Waals surface area contributed by atoms with Crippen LogP contribution in [0.3, 0.4) is 0 Å². The van der Waals surface area contributed by atoms with E-state index < -0.39 is 0 Å². The lowest BCUT2D eigenvalue weighted by Crippen LogP contribution is -2.44. The van der Waals surface area contributed by atoms with E-state index in [1.165, 1.54) is 44.9 Å². The molecule has 94 heavy (non-hydrogen) atoms. The first-order valence-electron chi connectivity index (χ1n) is 31.2. The maximum atomic E-state index is 5.21. The molecule has 14 rings (SSSR count). The lowest BCUT2D eigenvalue weighted by molar-refractivity contribution is 0.370. The molecule has 41 heteroatoms. The third kappa shape index (κ3) is 21.4. The van der Waals surface area contributed by atoms with Crippen LogP contribution >= 0.6 is 0 Å². The van der Waals surface area contributed by atoms with Gasteiger partial charge in [-0.2, -0.15) is 0 Å².